The van der Waals surface area contributed by atoms with Gasteiger partial charge in [0.1, 0.15) is 17.6 Å². The van der Waals surface area contributed by atoms with Crippen LogP contribution in [-0.2, 0) is 37.2 Å². The van der Waals surface area contributed by atoms with E-state index in [4.69, 9.17) is 10.00 Å². The van der Waals surface area contributed by atoms with Crippen LogP contribution in [0.3, 0.4) is 0 Å². The number of cyclic esters (lactones) is 1. The molecule has 0 amide bonds. The molecule has 8 nitrogen and oxygen atoms in total. The minimum Gasteiger partial charge on any atom is -0.458 e. The number of rotatable bonds is 11. The van der Waals surface area contributed by atoms with E-state index >= 15 is 0 Å². The van der Waals surface area contributed by atoms with Gasteiger partial charge in [-0.15, -0.1) is 0 Å². The van der Waals surface area contributed by atoms with Crippen LogP contribution in [-0.4, -0.2) is 30.8 Å². The van der Waals surface area contributed by atoms with Gasteiger partial charge in [-0.1, -0.05) is 55.8 Å². The number of esters is 1. The van der Waals surface area contributed by atoms with Crippen molar-refractivity contribution in [2.24, 2.45) is 11.3 Å². The summed E-state index contributed by atoms with van der Waals surface area (Å²) in [5, 5.41) is 8.74. The third-order valence-corrected chi connectivity index (χ3v) is 9.47. The monoisotopic (exact) mass is 571 g/mol. The standard InChI is InChI=1S/C32H33N3O5S/c1-2-14-32(15-13-23-7-4-3-5-8-23)20-27(36)29(30(37)40-32)31(16-17-31)19-24-9-6-10-26(18-24)35-41(38,39)28-12-11-25(21-33)22-34-28/h3-12,18,22,29,35H,2,13-17,19-20H2,1H3. The molecule has 1 saturated heterocycles. The maximum Gasteiger partial charge on any atom is 0.317 e. The van der Waals surface area contributed by atoms with Crippen molar-refractivity contribution in [3.63, 3.8) is 0 Å². The molecule has 1 saturated carbocycles. The quantitative estimate of drug-likeness (QED) is 0.242. The molecule has 2 fully saturated rings. The molecule has 1 aromatic heterocycles. The fraction of sp³-hybridized carbons (Fsp3) is 0.375. The lowest BCUT2D eigenvalue weighted by Gasteiger charge is -2.41. The van der Waals surface area contributed by atoms with Crippen LogP contribution in [0.4, 0.5) is 5.69 Å². The Kier molecular flexibility index (Phi) is 7.96. The summed E-state index contributed by atoms with van der Waals surface area (Å²) in [7, 11) is -3.96. The summed E-state index contributed by atoms with van der Waals surface area (Å²) in [6.07, 6.45) is 6.16. The smallest absolute Gasteiger partial charge is 0.317 e. The van der Waals surface area contributed by atoms with Gasteiger partial charge in [-0.2, -0.15) is 13.7 Å². The third kappa shape index (κ3) is 6.33. The summed E-state index contributed by atoms with van der Waals surface area (Å²) in [4.78, 5) is 31.0. The molecule has 1 N–H and O–H groups in total. The highest BCUT2D eigenvalue weighted by Gasteiger charge is 2.60. The van der Waals surface area contributed by atoms with Gasteiger partial charge < -0.3 is 4.74 Å². The average molecular weight is 572 g/mol. The highest BCUT2D eigenvalue weighted by molar-refractivity contribution is 7.92. The maximum absolute atomic E-state index is 13.6. The van der Waals surface area contributed by atoms with Gasteiger partial charge in [0.2, 0.25) is 0 Å². The number of nitriles is 1. The van der Waals surface area contributed by atoms with E-state index in [2.05, 4.69) is 9.71 Å². The molecule has 9 heteroatoms. The molecule has 1 aliphatic carbocycles. The molecule has 0 spiro atoms. The largest absolute Gasteiger partial charge is 0.458 e. The van der Waals surface area contributed by atoms with Crippen LogP contribution in [0.2, 0.25) is 0 Å². The van der Waals surface area contributed by atoms with E-state index in [0.29, 0.717) is 24.9 Å². The molecule has 41 heavy (non-hydrogen) atoms. The van der Waals surface area contributed by atoms with Crippen molar-refractivity contribution < 1.29 is 22.7 Å². The first-order valence-corrected chi connectivity index (χ1v) is 15.4. The Balaban J connectivity index is 1.29. The van der Waals surface area contributed by atoms with Crippen molar-refractivity contribution in [3.8, 4) is 6.07 Å². The molecule has 2 atom stereocenters. The molecular formula is C32H33N3O5S. The highest BCUT2D eigenvalue weighted by Crippen LogP contribution is 2.57. The Morgan fingerprint density at radius 2 is 1.78 bits per heavy atom. The Labute approximate surface area is 240 Å². The zero-order chi connectivity index (χ0) is 29.1. The second-order valence-corrected chi connectivity index (χ2v) is 12.9. The summed E-state index contributed by atoms with van der Waals surface area (Å²) in [6.45, 7) is 2.04. The number of hydrogen-bond acceptors (Lipinski definition) is 7. The molecule has 2 aliphatic rings. The molecule has 1 aliphatic heterocycles. The second-order valence-electron chi connectivity index (χ2n) is 11.3. The van der Waals surface area contributed by atoms with Crippen LogP contribution in [0.15, 0.2) is 78.0 Å². The number of ether oxygens (including phenoxy) is 1. The molecule has 2 heterocycles. The number of Topliss-reactive ketones (excluding diaryl/α,β-unsaturated/α-hetero) is 1. The molecule has 0 bridgehead atoms. The lowest BCUT2D eigenvalue weighted by molar-refractivity contribution is -0.182. The molecular weight excluding hydrogens is 538 g/mol. The Morgan fingerprint density at radius 1 is 1.02 bits per heavy atom. The van der Waals surface area contributed by atoms with Gasteiger partial charge in [0.25, 0.3) is 10.0 Å². The van der Waals surface area contributed by atoms with Gasteiger partial charge in [-0.05, 0) is 79.3 Å². The van der Waals surface area contributed by atoms with E-state index in [1.807, 2.05) is 49.4 Å². The highest BCUT2D eigenvalue weighted by atomic mass is 32.2. The zero-order valence-corrected chi connectivity index (χ0v) is 23.8. The van der Waals surface area contributed by atoms with Crippen molar-refractivity contribution in [1.29, 1.82) is 5.26 Å². The molecule has 2 aromatic carbocycles. The summed E-state index contributed by atoms with van der Waals surface area (Å²) in [5.41, 5.74) is 1.30. The lowest BCUT2D eigenvalue weighted by atomic mass is 9.73. The number of ketones is 1. The number of nitrogens with one attached hydrogen (secondary N) is 1. The molecule has 3 aromatic rings. The van der Waals surface area contributed by atoms with Gasteiger partial charge in [-0.25, -0.2) is 4.98 Å². The summed E-state index contributed by atoms with van der Waals surface area (Å²) >= 11 is 0. The van der Waals surface area contributed by atoms with E-state index in [0.717, 1.165) is 36.8 Å². The Bertz CT molecular complexity index is 1560. The summed E-state index contributed by atoms with van der Waals surface area (Å²) < 4.78 is 34.4. The minimum absolute atomic E-state index is 0.0518. The predicted octanol–water partition coefficient (Wildman–Crippen LogP) is 5.38. The fourth-order valence-electron chi connectivity index (χ4n) is 6.02. The molecule has 2 unspecified atom stereocenters. The van der Waals surface area contributed by atoms with E-state index in [-0.39, 0.29) is 22.8 Å². The number of benzene rings is 2. The zero-order valence-electron chi connectivity index (χ0n) is 23.0. The number of anilines is 1. The number of sulfonamides is 1. The first kappa shape index (κ1) is 28.5. The van der Waals surface area contributed by atoms with Gasteiger partial charge in [0, 0.05) is 18.3 Å². The van der Waals surface area contributed by atoms with Crippen LogP contribution < -0.4 is 4.72 Å². The first-order chi connectivity index (χ1) is 19.7. The van der Waals surface area contributed by atoms with Crippen LogP contribution in [0.1, 0.15) is 62.1 Å². The second kappa shape index (κ2) is 11.5. The number of hydrogen-bond donors (Lipinski definition) is 1. The number of nitrogens with zero attached hydrogens (tertiary/aromatic N) is 2. The number of pyridine rings is 1. The van der Waals surface area contributed by atoms with Crippen LogP contribution in [0.5, 0.6) is 0 Å². The van der Waals surface area contributed by atoms with Gasteiger partial charge in [0.05, 0.1) is 5.56 Å². The summed E-state index contributed by atoms with van der Waals surface area (Å²) in [5.74, 6) is -1.29. The van der Waals surface area contributed by atoms with E-state index in [1.54, 1.807) is 18.2 Å². The van der Waals surface area contributed by atoms with Crippen molar-refractivity contribution in [3.05, 3.63) is 89.6 Å². The first-order valence-electron chi connectivity index (χ1n) is 14.0. The third-order valence-electron chi connectivity index (χ3n) is 8.17. The number of aryl methyl sites for hydroxylation is 1. The number of carbonyl (C=O) groups excluding carboxylic acids is 2. The van der Waals surface area contributed by atoms with Gasteiger partial charge in [0.15, 0.2) is 10.8 Å². The Morgan fingerprint density at radius 3 is 2.41 bits per heavy atom. The molecule has 5 rings (SSSR count). The van der Waals surface area contributed by atoms with Crippen LogP contribution >= 0.6 is 0 Å². The van der Waals surface area contributed by atoms with Crippen LogP contribution in [0.25, 0.3) is 0 Å². The van der Waals surface area contributed by atoms with E-state index in [9.17, 15) is 18.0 Å². The lowest BCUT2D eigenvalue weighted by Crippen LogP contribution is -2.50. The van der Waals surface area contributed by atoms with Gasteiger partial charge in [-0.3, -0.25) is 14.3 Å². The van der Waals surface area contributed by atoms with E-state index < -0.39 is 32.9 Å². The Hall–Kier alpha value is -4.03. The fourth-order valence-corrected chi connectivity index (χ4v) is 7.00. The summed E-state index contributed by atoms with van der Waals surface area (Å²) in [6, 6.07) is 21.6. The van der Waals surface area contributed by atoms with Crippen molar-refractivity contribution in [1.82, 2.24) is 4.98 Å². The van der Waals surface area contributed by atoms with Crippen molar-refractivity contribution in [2.75, 3.05) is 4.72 Å². The topological polar surface area (TPSA) is 126 Å². The average Bonchev–Trinajstić information content (AvgIpc) is 3.72. The van der Waals surface area contributed by atoms with Crippen LogP contribution in [0, 0.1) is 22.7 Å². The molecule has 0 radical (unpaired) electrons. The minimum atomic E-state index is -3.96. The van der Waals surface area contributed by atoms with Crippen molar-refractivity contribution in [2.45, 2.75) is 68.9 Å². The number of aromatic nitrogens is 1. The van der Waals surface area contributed by atoms with E-state index in [1.165, 1.54) is 18.3 Å². The SMILES string of the molecule is CCCC1(CCc2ccccc2)CC(=O)C(C2(Cc3cccc(NS(=O)(=O)c4ccc(C#N)cn4)c3)CC2)C(=O)O1. The van der Waals surface area contributed by atoms with Crippen molar-refractivity contribution >= 4 is 27.5 Å². The number of carbonyl (C=O) groups is 2. The maximum atomic E-state index is 13.6. The van der Waals surface area contributed by atoms with Gasteiger partial charge >= 0.3 is 5.97 Å². The molecule has 212 valence electrons. The normalized spacial score (nSPS) is 21.5. The predicted molar refractivity (Wildman–Crippen MR) is 153 cm³/mol.